The Morgan fingerprint density at radius 2 is 2.20 bits per heavy atom. The second kappa shape index (κ2) is 7.07. The first kappa shape index (κ1) is 14.6. The Kier molecular flexibility index (Phi) is 5.15. The van der Waals surface area contributed by atoms with E-state index >= 15 is 0 Å². The molecule has 6 nitrogen and oxygen atoms in total. The van der Waals surface area contributed by atoms with Gasteiger partial charge in [0.05, 0.1) is 12.5 Å². The maximum absolute atomic E-state index is 10.9. The molecule has 1 aromatic rings. The number of rotatable bonds is 6. The summed E-state index contributed by atoms with van der Waals surface area (Å²) in [7, 11) is 0. The number of aromatic nitrogens is 2. The fraction of sp³-hybridized carbons (Fsp3) is 0.643. The first-order chi connectivity index (χ1) is 9.69. The van der Waals surface area contributed by atoms with E-state index in [1.807, 2.05) is 6.92 Å². The highest BCUT2D eigenvalue weighted by Gasteiger charge is 2.25. The summed E-state index contributed by atoms with van der Waals surface area (Å²) in [6, 6.07) is 1.73. The third kappa shape index (κ3) is 4.08. The standard InChI is InChI=1S/C14H21N3O3/c1-2-20-12-7-8-15-14(17-12)16-9-10-3-5-11(6-4-10)13(18)19/h7-8,10-11H,2-6,9H2,1H3,(H,18,19)(H,15,16,17). The number of carboxylic acid groups (broad SMARTS) is 1. The predicted octanol–water partition coefficient (Wildman–Crippen LogP) is 2.18. The first-order valence-corrected chi connectivity index (χ1v) is 7.11. The maximum Gasteiger partial charge on any atom is 0.306 e. The van der Waals surface area contributed by atoms with Gasteiger partial charge in [0.2, 0.25) is 11.8 Å². The second-order valence-electron chi connectivity index (χ2n) is 5.09. The highest BCUT2D eigenvalue weighted by atomic mass is 16.5. The van der Waals surface area contributed by atoms with Crippen molar-refractivity contribution in [3.63, 3.8) is 0 Å². The van der Waals surface area contributed by atoms with Crippen LogP contribution in [0.4, 0.5) is 5.95 Å². The van der Waals surface area contributed by atoms with Crippen molar-refractivity contribution in [2.75, 3.05) is 18.5 Å². The van der Waals surface area contributed by atoms with E-state index in [1.54, 1.807) is 12.3 Å². The van der Waals surface area contributed by atoms with E-state index < -0.39 is 5.97 Å². The Morgan fingerprint density at radius 1 is 1.45 bits per heavy atom. The molecule has 2 rings (SSSR count). The molecule has 0 unspecified atom stereocenters. The number of carbonyl (C=O) groups is 1. The molecule has 1 aromatic heterocycles. The SMILES string of the molecule is CCOc1ccnc(NCC2CCC(C(=O)O)CC2)n1. The molecule has 6 heteroatoms. The van der Waals surface area contributed by atoms with Gasteiger partial charge in [-0.2, -0.15) is 4.98 Å². The number of nitrogens with zero attached hydrogens (tertiary/aromatic N) is 2. The zero-order valence-electron chi connectivity index (χ0n) is 11.7. The fourth-order valence-corrected chi connectivity index (χ4v) is 2.50. The van der Waals surface area contributed by atoms with Gasteiger partial charge in [-0.3, -0.25) is 4.79 Å². The van der Waals surface area contributed by atoms with Crippen molar-refractivity contribution in [3.05, 3.63) is 12.3 Å². The number of hydrogen-bond donors (Lipinski definition) is 2. The lowest BCUT2D eigenvalue weighted by atomic mass is 9.82. The Labute approximate surface area is 118 Å². The Hall–Kier alpha value is -1.85. The van der Waals surface area contributed by atoms with E-state index in [-0.39, 0.29) is 5.92 Å². The predicted molar refractivity (Wildman–Crippen MR) is 74.8 cm³/mol. The van der Waals surface area contributed by atoms with Crippen LogP contribution >= 0.6 is 0 Å². The normalized spacial score (nSPS) is 22.2. The summed E-state index contributed by atoms with van der Waals surface area (Å²) < 4.78 is 5.32. The van der Waals surface area contributed by atoms with Crippen LogP contribution in [0.5, 0.6) is 5.88 Å². The number of nitrogens with one attached hydrogen (secondary N) is 1. The van der Waals surface area contributed by atoms with Crippen molar-refractivity contribution in [2.24, 2.45) is 11.8 Å². The van der Waals surface area contributed by atoms with Crippen LogP contribution in [0.2, 0.25) is 0 Å². The van der Waals surface area contributed by atoms with Gasteiger partial charge in [-0.25, -0.2) is 4.98 Å². The molecule has 0 amide bonds. The lowest BCUT2D eigenvalue weighted by Crippen LogP contribution is -2.25. The summed E-state index contributed by atoms with van der Waals surface area (Å²) in [5.74, 6) is 0.800. The molecule has 0 aromatic carbocycles. The van der Waals surface area contributed by atoms with Crippen molar-refractivity contribution in [2.45, 2.75) is 32.6 Å². The summed E-state index contributed by atoms with van der Waals surface area (Å²) in [6.45, 7) is 3.27. The van der Waals surface area contributed by atoms with Crippen LogP contribution < -0.4 is 10.1 Å². The van der Waals surface area contributed by atoms with Crippen LogP contribution in [0.25, 0.3) is 0 Å². The summed E-state index contributed by atoms with van der Waals surface area (Å²) in [6.07, 6.45) is 5.08. The molecular weight excluding hydrogens is 258 g/mol. The van der Waals surface area contributed by atoms with Gasteiger partial charge in [0.1, 0.15) is 0 Å². The van der Waals surface area contributed by atoms with Crippen molar-refractivity contribution < 1.29 is 14.6 Å². The molecule has 20 heavy (non-hydrogen) atoms. The molecule has 0 spiro atoms. The smallest absolute Gasteiger partial charge is 0.306 e. The third-order valence-electron chi connectivity index (χ3n) is 3.67. The number of hydrogen-bond acceptors (Lipinski definition) is 5. The Bertz CT molecular complexity index is 445. The minimum absolute atomic E-state index is 0.163. The van der Waals surface area contributed by atoms with Gasteiger partial charge < -0.3 is 15.2 Å². The molecule has 0 saturated heterocycles. The zero-order valence-corrected chi connectivity index (χ0v) is 11.7. The topological polar surface area (TPSA) is 84.3 Å². The van der Waals surface area contributed by atoms with Crippen LogP contribution in [0.15, 0.2) is 12.3 Å². The molecule has 0 atom stereocenters. The van der Waals surface area contributed by atoms with E-state index in [2.05, 4.69) is 15.3 Å². The van der Waals surface area contributed by atoms with Gasteiger partial charge in [0.15, 0.2) is 0 Å². The summed E-state index contributed by atoms with van der Waals surface area (Å²) >= 11 is 0. The average Bonchev–Trinajstić information content (AvgIpc) is 2.46. The van der Waals surface area contributed by atoms with Gasteiger partial charge in [-0.15, -0.1) is 0 Å². The lowest BCUT2D eigenvalue weighted by Gasteiger charge is -2.26. The Balaban J connectivity index is 1.78. The van der Waals surface area contributed by atoms with Gasteiger partial charge >= 0.3 is 5.97 Å². The highest BCUT2D eigenvalue weighted by molar-refractivity contribution is 5.69. The molecular formula is C14H21N3O3. The minimum atomic E-state index is -0.663. The number of aliphatic carboxylic acids is 1. The van der Waals surface area contributed by atoms with E-state index in [9.17, 15) is 4.79 Å². The molecule has 1 heterocycles. The van der Waals surface area contributed by atoms with Crippen LogP contribution in [0.1, 0.15) is 32.6 Å². The zero-order chi connectivity index (χ0) is 14.4. The maximum atomic E-state index is 10.9. The molecule has 0 aliphatic heterocycles. The fourth-order valence-electron chi connectivity index (χ4n) is 2.50. The number of ether oxygens (including phenoxy) is 1. The van der Waals surface area contributed by atoms with Crippen LogP contribution in [-0.4, -0.2) is 34.2 Å². The highest BCUT2D eigenvalue weighted by Crippen LogP contribution is 2.28. The second-order valence-corrected chi connectivity index (χ2v) is 5.09. The molecule has 110 valence electrons. The number of carboxylic acids is 1. The van der Waals surface area contributed by atoms with Crippen molar-refractivity contribution in [1.82, 2.24) is 9.97 Å². The lowest BCUT2D eigenvalue weighted by molar-refractivity contribution is -0.143. The first-order valence-electron chi connectivity index (χ1n) is 7.11. The summed E-state index contributed by atoms with van der Waals surface area (Å²) in [4.78, 5) is 19.3. The monoisotopic (exact) mass is 279 g/mol. The van der Waals surface area contributed by atoms with Crippen molar-refractivity contribution in [3.8, 4) is 5.88 Å². The minimum Gasteiger partial charge on any atom is -0.481 e. The molecule has 0 bridgehead atoms. The summed E-state index contributed by atoms with van der Waals surface area (Å²) in [5.41, 5.74) is 0. The number of anilines is 1. The molecule has 0 radical (unpaired) electrons. The Morgan fingerprint density at radius 3 is 2.85 bits per heavy atom. The molecule has 1 fully saturated rings. The van der Waals surface area contributed by atoms with Crippen molar-refractivity contribution in [1.29, 1.82) is 0 Å². The van der Waals surface area contributed by atoms with E-state index in [1.165, 1.54) is 0 Å². The third-order valence-corrected chi connectivity index (χ3v) is 3.67. The average molecular weight is 279 g/mol. The van der Waals surface area contributed by atoms with Crippen LogP contribution in [0, 0.1) is 11.8 Å². The van der Waals surface area contributed by atoms with E-state index in [0.29, 0.717) is 24.4 Å². The van der Waals surface area contributed by atoms with Crippen LogP contribution in [0.3, 0.4) is 0 Å². The van der Waals surface area contributed by atoms with Crippen LogP contribution in [-0.2, 0) is 4.79 Å². The molecule has 1 saturated carbocycles. The molecule has 2 N–H and O–H groups in total. The van der Waals surface area contributed by atoms with E-state index in [4.69, 9.17) is 9.84 Å². The van der Waals surface area contributed by atoms with Crippen molar-refractivity contribution >= 4 is 11.9 Å². The van der Waals surface area contributed by atoms with Gasteiger partial charge in [-0.05, 0) is 38.5 Å². The quantitative estimate of drug-likeness (QED) is 0.830. The molecule has 1 aliphatic rings. The van der Waals surface area contributed by atoms with E-state index in [0.717, 1.165) is 32.2 Å². The summed E-state index contributed by atoms with van der Waals surface area (Å²) in [5, 5.41) is 12.2. The van der Waals surface area contributed by atoms with Gasteiger partial charge in [0, 0.05) is 18.8 Å². The largest absolute Gasteiger partial charge is 0.481 e. The molecule has 1 aliphatic carbocycles. The van der Waals surface area contributed by atoms with Gasteiger partial charge in [-0.1, -0.05) is 0 Å². The van der Waals surface area contributed by atoms with Gasteiger partial charge in [0.25, 0.3) is 0 Å².